The molecule has 3 heteroatoms. The van der Waals surface area contributed by atoms with Gasteiger partial charge in [0, 0.05) is 5.92 Å². The first kappa shape index (κ1) is 21.7. The first-order valence-corrected chi connectivity index (χ1v) is 9.85. The van der Waals surface area contributed by atoms with Crippen LogP contribution in [0.15, 0.2) is 42.7 Å². The Morgan fingerprint density at radius 2 is 1.72 bits per heavy atom. The highest BCUT2D eigenvalue weighted by molar-refractivity contribution is 5.13. The quantitative estimate of drug-likeness (QED) is 0.246. The minimum absolute atomic E-state index is 0.177. The van der Waals surface area contributed by atoms with Gasteiger partial charge in [0.2, 0.25) is 0 Å². The molecule has 0 saturated carbocycles. The molecule has 25 heavy (non-hydrogen) atoms. The van der Waals surface area contributed by atoms with Crippen LogP contribution in [0.4, 0.5) is 0 Å². The smallest absolute Gasteiger partial charge is 0.188 e. The maximum absolute atomic E-state index is 10.4. The molecule has 0 aliphatic heterocycles. The molecule has 142 valence electrons. The number of hydrogen-bond acceptors (Lipinski definition) is 3. The fourth-order valence-corrected chi connectivity index (χ4v) is 2.83. The number of aliphatic hydroxyl groups is 1. The van der Waals surface area contributed by atoms with Gasteiger partial charge in [0.15, 0.2) is 6.79 Å². The summed E-state index contributed by atoms with van der Waals surface area (Å²) in [6.45, 7) is 5.18. The van der Waals surface area contributed by atoms with Crippen molar-refractivity contribution in [3.8, 4) is 0 Å². The summed E-state index contributed by atoms with van der Waals surface area (Å²) in [5.74, 6) is 0.177. The summed E-state index contributed by atoms with van der Waals surface area (Å²) in [5, 5.41) is 10.4. The molecule has 0 saturated heterocycles. The Kier molecular flexibility index (Phi) is 13.0. The van der Waals surface area contributed by atoms with E-state index in [4.69, 9.17) is 9.47 Å². The van der Waals surface area contributed by atoms with E-state index >= 15 is 0 Å². The molecule has 2 atom stereocenters. The number of benzene rings is 1. The van der Waals surface area contributed by atoms with Crippen LogP contribution >= 0.6 is 0 Å². The van der Waals surface area contributed by atoms with E-state index in [1.54, 1.807) is 6.26 Å². The summed E-state index contributed by atoms with van der Waals surface area (Å²) >= 11 is 0. The third kappa shape index (κ3) is 11.0. The van der Waals surface area contributed by atoms with Gasteiger partial charge in [-0.05, 0) is 24.5 Å². The predicted molar refractivity (Wildman–Crippen MR) is 104 cm³/mol. The third-order valence-corrected chi connectivity index (χ3v) is 4.42. The summed E-state index contributed by atoms with van der Waals surface area (Å²) in [6.07, 6.45) is 12.4. The molecule has 1 aromatic rings. The summed E-state index contributed by atoms with van der Waals surface area (Å²) in [5.41, 5.74) is 1.14. The number of hydrogen-bond donors (Lipinski definition) is 1. The Hall–Kier alpha value is -1.32. The van der Waals surface area contributed by atoms with E-state index in [1.165, 1.54) is 19.3 Å². The number of unbranched alkanes of at least 4 members (excludes halogenated alkanes) is 4. The summed E-state index contributed by atoms with van der Waals surface area (Å²) in [4.78, 5) is 0. The van der Waals surface area contributed by atoms with Crippen molar-refractivity contribution in [1.82, 2.24) is 0 Å². The lowest BCUT2D eigenvalue weighted by molar-refractivity contribution is -0.0215. The molecule has 0 unspecified atom stereocenters. The van der Waals surface area contributed by atoms with Gasteiger partial charge in [0.25, 0.3) is 0 Å². The van der Waals surface area contributed by atoms with Gasteiger partial charge in [-0.15, -0.1) is 0 Å². The van der Waals surface area contributed by atoms with E-state index in [0.29, 0.717) is 6.61 Å². The van der Waals surface area contributed by atoms with Crippen molar-refractivity contribution >= 4 is 0 Å². The molecule has 1 aromatic carbocycles. The molecular weight excluding hydrogens is 312 g/mol. The topological polar surface area (TPSA) is 38.7 Å². The molecule has 0 bridgehead atoms. The lowest BCUT2D eigenvalue weighted by Gasteiger charge is -2.19. The molecule has 1 N–H and O–H groups in total. The first-order chi connectivity index (χ1) is 12.3. The van der Waals surface area contributed by atoms with E-state index in [0.717, 1.165) is 37.7 Å². The second-order valence-corrected chi connectivity index (χ2v) is 6.67. The molecule has 0 spiro atoms. The van der Waals surface area contributed by atoms with Crippen molar-refractivity contribution in [2.45, 2.75) is 77.9 Å². The molecule has 0 radical (unpaired) electrons. The van der Waals surface area contributed by atoms with E-state index in [1.807, 2.05) is 36.4 Å². The van der Waals surface area contributed by atoms with Crippen LogP contribution in [0.25, 0.3) is 0 Å². The van der Waals surface area contributed by atoms with Crippen LogP contribution in [0.2, 0.25) is 0 Å². The maximum Gasteiger partial charge on any atom is 0.188 e. The highest BCUT2D eigenvalue weighted by Crippen LogP contribution is 2.20. The minimum Gasteiger partial charge on any atom is -0.475 e. The SMILES string of the molecule is CCCCCC[C@H](O)[C@H](/C=C\OCOCc1ccccc1)CCCC. The number of rotatable bonds is 15. The molecule has 0 heterocycles. The Labute approximate surface area is 154 Å². The van der Waals surface area contributed by atoms with E-state index in [9.17, 15) is 5.11 Å². The molecule has 1 rings (SSSR count). The molecule has 0 aromatic heterocycles. The van der Waals surface area contributed by atoms with Gasteiger partial charge in [0.05, 0.1) is 19.0 Å². The first-order valence-electron chi connectivity index (χ1n) is 9.85. The van der Waals surface area contributed by atoms with Gasteiger partial charge in [-0.1, -0.05) is 82.7 Å². The van der Waals surface area contributed by atoms with Gasteiger partial charge < -0.3 is 14.6 Å². The zero-order chi connectivity index (χ0) is 18.2. The summed E-state index contributed by atoms with van der Waals surface area (Å²) in [7, 11) is 0. The van der Waals surface area contributed by atoms with Crippen LogP contribution in [0.1, 0.15) is 70.8 Å². The second kappa shape index (κ2) is 15.0. The van der Waals surface area contributed by atoms with Crippen molar-refractivity contribution in [1.29, 1.82) is 0 Å². The Balaban J connectivity index is 2.26. The molecule has 0 aliphatic rings. The van der Waals surface area contributed by atoms with Gasteiger partial charge in [-0.3, -0.25) is 0 Å². The average Bonchev–Trinajstić information content (AvgIpc) is 2.64. The molecule has 0 amide bonds. The highest BCUT2D eigenvalue weighted by atomic mass is 16.7. The van der Waals surface area contributed by atoms with E-state index < -0.39 is 0 Å². The summed E-state index contributed by atoms with van der Waals surface area (Å²) < 4.78 is 10.9. The van der Waals surface area contributed by atoms with E-state index in [-0.39, 0.29) is 18.8 Å². The Morgan fingerprint density at radius 3 is 2.44 bits per heavy atom. The Morgan fingerprint density at radius 1 is 0.960 bits per heavy atom. The van der Waals surface area contributed by atoms with Crippen LogP contribution in [0.5, 0.6) is 0 Å². The molecule has 0 fully saturated rings. The highest BCUT2D eigenvalue weighted by Gasteiger charge is 2.15. The molecule has 3 nitrogen and oxygen atoms in total. The van der Waals surface area contributed by atoms with Crippen molar-refractivity contribution in [3.63, 3.8) is 0 Å². The monoisotopic (exact) mass is 348 g/mol. The zero-order valence-corrected chi connectivity index (χ0v) is 16.0. The standard InChI is InChI=1S/C22H36O3/c1-3-5-7-11-15-22(23)21(14-6-4-2)16-17-24-19-25-18-20-12-9-8-10-13-20/h8-10,12-13,16-17,21-23H,3-7,11,14-15,18-19H2,1-2H3/b17-16-/t21-,22-/m0/s1. The van der Waals surface area contributed by atoms with Gasteiger partial charge in [-0.2, -0.15) is 0 Å². The largest absolute Gasteiger partial charge is 0.475 e. The predicted octanol–water partition coefficient (Wildman–Crippen LogP) is 5.83. The number of aliphatic hydroxyl groups excluding tert-OH is 1. The van der Waals surface area contributed by atoms with Crippen LogP contribution in [0.3, 0.4) is 0 Å². The minimum atomic E-state index is -0.270. The maximum atomic E-state index is 10.4. The van der Waals surface area contributed by atoms with Crippen molar-refractivity contribution in [3.05, 3.63) is 48.2 Å². The second-order valence-electron chi connectivity index (χ2n) is 6.67. The van der Waals surface area contributed by atoms with E-state index in [2.05, 4.69) is 13.8 Å². The average molecular weight is 349 g/mol. The van der Waals surface area contributed by atoms with Gasteiger partial charge in [-0.25, -0.2) is 0 Å². The van der Waals surface area contributed by atoms with Crippen LogP contribution in [0, 0.1) is 5.92 Å². The van der Waals surface area contributed by atoms with Crippen LogP contribution in [-0.2, 0) is 16.1 Å². The normalized spacial score (nSPS) is 13.9. The van der Waals surface area contributed by atoms with Crippen molar-refractivity contribution < 1.29 is 14.6 Å². The van der Waals surface area contributed by atoms with Crippen molar-refractivity contribution in [2.75, 3.05) is 6.79 Å². The lowest BCUT2D eigenvalue weighted by Crippen LogP contribution is -2.18. The zero-order valence-electron chi connectivity index (χ0n) is 16.0. The van der Waals surface area contributed by atoms with Crippen LogP contribution < -0.4 is 0 Å². The fraction of sp³-hybridized carbons (Fsp3) is 0.636. The third-order valence-electron chi connectivity index (χ3n) is 4.42. The lowest BCUT2D eigenvalue weighted by atomic mass is 9.92. The van der Waals surface area contributed by atoms with Crippen LogP contribution in [-0.4, -0.2) is 18.0 Å². The van der Waals surface area contributed by atoms with Gasteiger partial charge in [0.1, 0.15) is 0 Å². The molecule has 0 aliphatic carbocycles. The Bertz CT molecular complexity index is 430. The fourth-order valence-electron chi connectivity index (χ4n) is 2.83. The molecular formula is C22H36O3. The van der Waals surface area contributed by atoms with Crippen molar-refractivity contribution in [2.24, 2.45) is 5.92 Å². The van der Waals surface area contributed by atoms with Gasteiger partial charge >= 0.3 is 0 Å². The summed E-state index contributed by atoms with van der Waals surface area (Å²) in [6, 6.07) is 10.1. The number of ether oxygens (including phenoxy) is 2.